The third-order valence-electron chi connectivity index (χ3n) is 12.9. The summed E-state index contributed by atoms with van der Waals surface area (Å²) in [6.07, 6.45) is 0. The molecular formula is C58H49BN2O. The Bertz CT molecular complexity index is 3320. The highest BCUT2D eigenvalue weighted by atomic mass is 16.3. The van der Waals surface area contributed by atoms with E-state index in [0.29, 0.717) is 0 Å². The summed E-state index contributed by atoms with van der Waals surface area (Å²) in [4.78, 5) is 0. The van der Waals surface area contributed by atoms with Crippen LogP contribution in [0.2, 0.25) is 0 Å². The largest absolute Gasteiger partial charge is 0.455 e. The predicted molar refractivity (Wildman–Crippen MR) is 266 cm³/mol. The number of fused-ring (bicyclic) bond motifs is 6. The minimum atomic E-state index is 0.0521. The Morgan fingerprint density at radius 1 is 0.516 bits per heavy atom. The number of hydrogen-bond donors (Lipinski definition) is 1. The van der Waals surface area contributed by atoms with E-state index in [9.17, 15) is 0 Å². The summed E-state index contributed by atoms with van der Waals surface area (Å²) in [6, 6.07) is 64.4. The molecule has 1 N–H and O–H groups in total. The highest BCUT2D eigenvalue weighted by Gasteiger charge is 2.31. The molecule has 8 aromatic carbocycles. The van der Waals surface area contributed by atoms with Gasteiger partial charge in [-0.05, 0) is 92.1 Å². The Morgan fingerprint density at radius 3 is 1.82 bits per heavy atom. The number of nitrogens with zero attached hydrogens (tertiary/aromatic N) is 1. The maximum Gasteiger partial charge on any atom is 0.198 e. The molecule has 4 heteroatoms. The van der Waals surface area contributed by atoms with Gasteiger partial charge in [-0.3, -0.25) is 0 Å². The van der Waals surface area contributed by atoms with E-state index in [4.69, 9.17) is 4.42 Å². The molecule has 3 heterocycles. The van der Waals surface area contributed by atoms with Crippen LogP contribution in [0, 0.1) is 0 Å². The van der Waals surface area contributed by atoms with Crippen LogP contribution in [0.25, 0.3) is 83.2 Å². The first-order valence-corrected chi connectivity index (χ1v) is 21.9. The average Bonchev–Trinajstić information content (AvgIpc) is 3.83. The zero-order chi connectivity index (χ0) is 42.3. The molecule has 0 spiro atoms. The van der Waals surface area contributed by atoms with Crippen molar-refractivity contribution in [1.82, 2.24) is 4.57 Å². The fourth-order valence-electron chi connectivity index (χ4n) is 9.71. The van der Waals surface area contributed by atoms with E-state index < -0.39 is 0 Å². The topological polar surface area (TPSA) is 30.1 Å². The van der Waals surface area contributed by atoms with E-state index in [0.717, 1.165) is 52.1 Å². The molecule has 1 aliphatic heterocycles. The molecule has 62 heavy (non-hydrogen) atoms. The van der Waals surface area contributed by atoms with Gasteiger partial charge in [-0.15, -0.1) is 0 Å². The molecule has 300 valence electrons. The van der Waals surface area contributed by atoms with Crippen LogP contribution in [0.3, 0.4) is 0 Å². The maximum atomic E-state index is 6.96. The monoisotopic (exact) mass is 800 g/mol. The van der Waals surface area contributed by atoms with Gasteiger partial charge in [0.25, 0.3) is 0 Å². The van der Waals surface area contributed by atoms with Crippen molar-refractivity contribution in [2.24, 2.45) is 0 Å². The van der Waals surface area contributed by atoms with Gasteiger partial charge < -0.3 is 14.3 Å². The first-order chi connectivity index (χ1) is 30.0. The van der Waals surface area contributed by atoms with Crippen LogP contribution in [-0.4, -0.2) is 11.8 Å². The Kier molecular flexibility index (Phi) is 8.74. The quantitative estimate of drug-likeness (QED) is 0.170. The van der Waals surface area contributed by atoms with Crippen molar-refractivity contribution >= 4 is 62.4 Å². The fraction of sp³-hybridized carbons (Fsp3) is 0.138. The van der Waals surface area contributed by atoms with E-state index >= 15 is 0 Å². The van der Waals surface area contributed by atoms with E-state index in [1.165, 1.54) is 71.8 Å². The van der Waals surface area contributed by atoms with Crippen molar-refractivity contribution in [2.75, 3.05) is 5.32 Å². The van der Waals surface area contributed by atoms with Gasteiger partial charge in [0, 0.05) is 55.4 Å². The van der Waals surface area contributed by atoms with Crippen LogP contribution in [0.1, 0.15) is 52.7 Å². The summed E-state index contributed by atoms with van der Waals surface area (Å²) in [5.41, 5.74) is 20.2. The molecule has 0 unspecified atom stereocenters. The molecule has 0 atom stereocenters. The van der Waals surface area contributed by atoms with Crippen LogP contribution in [0.4, 0.5) is 11.4 Å². The fourth-order valence-corrected chi connectivity index (χ4v) is 9.71. The molecular weight excluding hydrogens is 751 g/mol. The summed E-state index contributed by atoms with van der Waals surface area (Å²) < 4.78 is 9.51. The minimum absolute atomic E-state index is 0.0521. The number of aromatic nitrogens is 1. The van der Waals surface area contributed by atoms with Gasteiger partial charge in [-0.25, -0.2) is 0 Å². The second kappa shape index (κ2) is 14.3. The molecule has 1 aliphatic rings. The molecule has 0 saturated heterocycles. The number of rotatable bonds is 6. The lowest BCUT2D eigenvalue weighted by molar-refractivity contribution is 0.590. The van der Waals surface area contributed by atoms with Crippen molar-refractivity contribution in [1.29, 1.82) is 0 Å². The number of furan rings is 1. The van der Waals surface area contributed by atoms with E-state index in [-0.39, 0.29) is 10.8 Å². The minimum Gasteiger partial charge on any atom is -0.455 e. The summed E-state index contributed by atoms with van der Waals surface area (Å²) in [6.45, 7) is 13.6. The van der Waals surface area contributed by atoms with Gasteiger partial charge in [-0.2, -0.15) is 0 Å². The second-order valence-electron chi connectivity index (χ2n) is 19.0. The average molecular weight is 801 g/mol. The highest BCUT2D eigenvalue weighted by Crippen LogP contribution is 2.46. The van der Waals surface area contributed by atoms with Crippen molar-refractivity contribution in [3.8, 4) is 50.4 Å². The normalized spacial score (nSPS) is 12.5. The SMILES string of the molecule is CC(C)(C)c1ccc(Nc2ccccc2-c2cc(-c3ccc(C(C)(C)C)cc3)c3c4ccccc4n4c3c2Bc2cc3oc(-c5ccccc5)c(-c5ccccc5)c3cc2-4)cc1. The van der Waals surface area contributed by atoms with Gasteiger partial charge in [0.15, 0.2) is 7.28 Å². The Hall–Kier alpha value is -7.04. The third kappa shape index (κ3) is 6.28. The van der Waals surface area contributed by atoms with E-state index in [2.05, 4.69) is 227 Å². The molecule has 0 amide bonds. The molecule has 3 nitrogen and oxygen atoms in total. The van der Waals surface area contributed by atoms with Crippen molar-refractivity contribution in [3.05, 3.63) is 187 Å². The number of nitrogens with one attached hydrogen (secondary N) is 1. The van der Waals surface area contributed by atoms with E-state index in [1.807, 2.05) is 0 Å². The summed E-state index contributed by atoms with van der Waals surface area (Å²) in [5, 5.41) is 7.51. The Morgan fingerprint density at radius 2 is 1.13 bits per heavy atom. The zero-order valence-electron chi connectivity index (χ0n) is 36.3. The maximum absolute atomic E-state index is 6.96. The molecule has 0 radical (unpaired) electrons. The molecule has 11 rings (SSSR count). The molecule has 0 fully saturated rings. The predicted octanol–water partition coefficient (Wildman–Crippen LogP) is 14.2. The summed E-state index contributed by atoms with van der Waals surface area (Å²) in [5.74, 6) is 0.895. The number of benzene rings is 8. The van der Waals surface area contributed by atoms with Gasteiger partial charge in [0.05, 0.1) is 5.52 Å². The summed E-state index contributed by atoms with van der Waals surface area (Å²) in [7, 11) is 0.757. The van der Waals surface area contributed by atoms with Crippen LogP contribution in [-0.2, 0) is 10.8 Å². The van der Waals surface area contributed by atoms with Crippen LogP contribution >= 0.6 is 0 Å². The molecule has 2 aromatic heterocycles. The Labute approximate surface area is 364 Å². The molecule has 0 saturated carbocycles. The van der Waals surface area contributed by atoms with Gasteiger partial charge in [0.2, 0.25) is 0 Å². The van der Waals surface area contributed by atoms with Crippen LogP contribution < -0.4 is 16.2 Å². The van der Waals surface area contributed by atoms with E-state index in [1.54, 1.807) is 0 Å². The third-order valence-corrected chi connectivity index (χ3v) is 12.9. The smallest absolute Gasteiger partial charge is 0.198 e. The molecule has 10 aromatic rings. The van der Waals surface area contributed by atoms with Crippen LogP contribution in [0.5, 0.6) is 0 Å². The van der Waals surface area contributed by atoms with Gasteiger partial charge in [-0.1, -0.05) is 180 Å². The lowest BCUT2D eigenvalue weighted by Crippen LogP contribution is -2.37. The molecule has 0 bridgehead atoms. The van der Waals surface area contributed by atoms with Gasteiger partial charge in [0.1, 0.15) is 11.3 Å². The molecule has 0 aliphatic carbocycles. The number of hydrogen-bond acceptors (Lipinski definition) is 2. The van der Waals surface area contributed by atoms with Crippen molar-refractivity contribution in [2.45, 2.75) is 52.4 Å². The number of anilines is 2. The first kappa shape index (κ1) is 37.9. The lowest BCUT2D eigenvalue weighted by atomic mass is 9.58. The number of para-hydroxylation sites is 2. The van der Waals surface area contributed by atoms with Crippen molar-refractivity contribution in [3.63, 3.8) is 0 Å². The summed E-state index contributed by atoms with van der Waals surface area (Å²) >= 11 is 0. The lowest BCUT2D eigenvalue weighted by Gasteiger charge is -2.25. The highest BCUT2D eigenvalue weighted by molar-refractivity contribution is 6.74. The van der Waals surface area contributed by atoms with Crippen LogP contribution in [0.15, 0.2) is 180 Å². The van der Waals surface area contributed by atoms with Gasteiger partial charge >= 0.3 is 0 Å². The zero-order valence-corrected chi connectivity index (χ0v) is 36.3. The van der Waals surface area contributed by atoms with Crippen molar-refractivity contribution < 1.29 is 4.42 Å². The second-order valence-corrected chi connectivity index (χ2v) is 19.0. The first-order valence-electron chi connectivity index (χ1n) is 21.9. The standard InChI is InChI=1S/C58H49BN2O/c1-57(2,3)39-27-25-36(26-28-39)44-33-45(42-21-13-15-23-48(42)60-41-31-29-40(30-32-41)58(4,5)6)54-55-53(44)43-22-14-16-24-49(43)61(55)50-34-46-51(35-47(50)59-54)62-56(38-19-11-8-12-20-38)52(46)37-17-9-7-10-18-37/h7-35,59-60H,1-6H3. The Balaban J connectivity index is 1.20.